The van der Waals surface area contributed by atoms with E-state index in [1.54, 1.807) is 6.26 Å². The lowest BCUT2D eigenvalue weighted by molar-refractivity contribution is -0.146. The van der Waals surface area contributed by atoms with Gasteiger partial charge in [0.05, 0.1) is 12.2 Å². The van der Waals surface area contributed by atoms with E-state index in [1.165, 1.54) is 44.1 Å². The first kappa shape index (κ1) is 20.4. The number of ether oxygens (including phenoxy) is 1. The molecule has 1 aromatic heterocycles. The number of fused-ring (bicyclic) bond motifs is 2. The third-order valence-electron chi connectivity index (χ3n) is 8.87. The first-order valence-electron chi connectivity index (χ1n) is 12.2. The molecule has 164 valence electrons. The summed E-state index contributed by atoms with van der Waals surface area (Å²) in [7, 11) is 0. The number of rotatable bonds is 5. The molecular formula is C26H37NO3. The van der Waals surface area contributed by atoms with Crippen LogP contribution in [0.15, 0.2) is 35.0 Å². The standard InChI is InChI=1S/C26H37NO3/c1-17-7-5-11-26(2)15-24-20(14-22(17)26)21(25(28)30-24)16-27-23-10-4-3-8-18(23)13-19-9-6-12-29-19/h6,9,12,18,20-24,27H,1,3-5,7-8,10-11,13-16H2,2H3/t18-,20-,21-,22+,23-,24-,26-/m1/s1. The van der Waals surface area contributed by atoms with Gasteiger partial charge in [0.25, 0.3) is 0 Å². The maximum Gasteiger partial charge on any atom is 0.310 e. The van der Waals surface area contributed by atoms with Gasteiger partial charge in [0.15, 0.2) is 0 Å². The number of esters is 1. The van der Waals surface area contributed by atoms with E-state index >= 15 is 0 Å². The lowest BCUT2D eigenvalue weighted by Gasteiger charge is -2.50. The smallest absolute Gasteiger partial charge is 0.310 e. The highest BCUT2D eigenvalue weighted by Crippen LogP contribution is 2.56. The Labute approximate surface area is 180 Å². The number of allylic oxidation sites excluding steroid dienone is 1. The normalized spacial score (nSPS) is 41.2. The van der Waals surface area contributed by atoms with Crippen LogP contribution in [0.25, 0.3) is 0 Å². The molecule has 3 aliphatic carbocycles. The van der Waals surface area contributed by atoms with E-state index in [2.05, 4.69) is 24.9 Å². The van der Waals surface area contributed by atoms with Crippen molar-refractivity contribution in [1.29, 1.82) is 0 Å². The van der Waals surface area contributed by atoms with Crippen molar-refractivity contribution >= 4 is 5.97 Å². The van der Waals surface area contributed by atoms with Crippen LogP contribution in [0.4, 0.5) is 0 Å². The summed E-state index contributed by atoms with van der Waals surface area (Å²) in [5.41, 5.74) is 1.69. The van der Waals surface area contributed by atoms with E-state index in [0.717, 1.165) is 38.0 Å². The third kappa shape index (κ3) is 3.77. The lowest BCUT2D eigenvalue weighted by atomic mass is 9.55. The van der Waals surface area contributed by atoms with Gasteiger partial charge in [-0.2, -0.15) is 0 Å². The Morgan fingerprint density at radius 2 is 2.13 bits per heavy atom. The summed E-state index contributed by atoms with van der Waals surface area (Å²) in [6.07, 6.45) is 13.6. The fourth-order valence-electron chi connectivity index (χ4n) is 7.18. The molecule has 0 spiro atoms. The van der Waals surface area contributed by atoms with Gasteiger partial charge in [-0.25, -0.2) is 0 Å². The van der Waals surface area contributed by atoms with E-state index in [-0.39, 0.29) is 23.4 Å². The molecule has 4 nitrogen and oxygen atoms in total. The SMILES string of the molecule is C=C1CCC[C@]2(C)C[C@H]3OC(=O)[C@H](CN[C@@H]4CCCC[C@@H]4Cc4ccco4)[C@H]3C[C@@H]12. The monoisotopic (exact) mass is 411 g/mol. The zero-order valence-electron chi connectivity index (χ0n) is 18.4. The maximum atomic E-state index is 12.8. The van der Waals surface area contributed by atoms with Gasteiger partial charge in [0.2, 0.25) is 0 Å². The molecule has 4 aliphatic rings. The van der Waals surface area contributed by atoms with Gasteiger partial charge < -0.3 is 14.5 Å². The molecule has 0 amide bonds. The summed E-state index contributed by atoms with van der Waals surface area (Å²) >= 11 is 0. The largest absolute Gasteiger partial charge is 0.469 e. The van der Waals surface area contributed by atoms with Gasteiger partial charge in [-0.1, -0.05) is 31.9 Å². The van der Waals surface area contributed by atoms with E-state index in [0.29, 0.717) is 23.8 Å². The molecule has 7 atom stereocenters. The minimum atomic E-state index is 0.000431. The highest BCUT2D eigenvalue weighted by molar-refractivity contribution is 5.75. The summed E-state index contributed by atoms with van der Waals surface area (Å²) < 4.78 is 11.6. The van der Waals surface area contributed by atoms with Gasteiger partial charge in [-0.15, -0.1) is 0 Å². The Bertz CT molecular complexity index is 771. The van der Waals surface area contributed by atoms with E-state index in [1.807, 2.05) is 6.07 Å². The second-order valence-corrected chi connectivity index (χ2v) is 10.7. The summed E-state index contributed by atoms with van der Waals surface area (Å²) in [4.78, 5) is 12.8. The van der Waals surface area contributed by atoms with Crippen molar-refractivity contribution in [2.24, 2.45) is 29.1 Å². The Morgan fingerprint density at radius 3 is 2.97 bits per heavy atom. The Balaban J connectivity index is 1.24. The molecule has 30 heavy (non-hydrogen) atoms. The number of hydrogen-bond acceptors (Lipinski definition) is 4. The Morgan fingerprint density at radius 1 is 1.27 bits per heavy atom. The van der Waals surface area contributed by atoms with Crippen molar-refractivity contribution < 1.29 is 13.9 Å². The van der Waals surface area contributed by atoms with Crippen LogP contribution in [-0.2, 0) is 16.0 Å². The fraction of sp³-hybridized carbons (Fsp3) is 0.731. The average Bonchev–Trinajstić information content (AvgIpc) is 3.33. The highest BCUT2D eigenvalue weighted by Gasteiger charge is 2.55. The molecule has 0 bridgehead atoms. The van der Waals surface area contributed by atoms with Gasteiger partial charge in [0, 0.05) is 24.9 Å². The third-order valence-corrected chi connectivity index (χ3v) is 8.87. The molecule has 3 saturated carbocycles. The molecule has 1 aromatic rings. The zero-order valence-corrected chi connectivity index (χ0v) is 18.4. The summed E-state index contributed by atoms with van der Waals surface area (Å²) in [6, 6.07) is 4.53. The lowest BCUT2D eigenvalue weighted by Crippen LogP contribution is -2.47. The van der Waals surface area contributed by atoms with Crippen LogP contribution >= 0.6 is 0 Å². The summed E-state index contributed by atoms with van der Waals surface area (Å²) in [5.74, 6) is 2.61. The second-order valence-electron chi connectivity index (χ2n) is 10.7. The zero-order chi connectivity index (χ0) is 20.7. The topological polar surface area (TPSA) is 51.5 Å². The Kier molecular flexibility index (Phi) is 5.55. The molecule has 2 heterocycles. The van der Waals surface area contributed by atoms with E-state index in [9.17, 15) is 4.79 Å². The molecule has 0 aromatic carbocycles. The van der Waals surface area contributed by atoms with E-state index in [4.69, 9.17) is 9.15 Å². The number of carbonyl (C=O) groups is 1. The van der Waals surface area contributed by atoms with Crippen molar-refractivity contribution in [3.8, 4) is 0 Å². The Hall–Kier alpha value is -1.55. The van der Waals surface area contributed by atoms with Crippen LogP contribution in [0.5, 0.6) is 0 Å². The molecule has 5 rings (SSSR count). The first-order valence-corrected chi connectivity index (χ1v) is 12.2. The molecule has 1 saturated heterocycles. The van der Waals surface area contributed by atoms with Crippen LogP contribution in [0.3, 0.4) is 0 Å². The minimum absolute atomic E-state index is 0.000431. The predicted octanol–water partition coefficient (Wildman–Crippen LogP) is 5.28. The highest BCUT2D eigenvalue weighted by atomic mass is 16.6. The van der Waals surface area contributed by atoms with Crippen molar-refractivity contribution in [2.45, 2.75) is 83.3 Å². The van der Waals surface area contributed by atoms with Crippen LogP contribution in [0.2, 0.25) is 0 Å². The maximum absolute atomic E-state index is 12.8. The number of carbonyl (C=O) groups excluding carboxylic acids is 1. The first-order chi connectivity index (χ1) is 14.5. The molecule has 1 aliphatic heterocycles. The number of nitrogens with one attached hydrogen (secondary N) is 1. The van der Waals surface area contributed by atoms with Crippen molar-refractivity contribution in [3.63, 3.8) is 0 Å². The summed E-state index contributed by atoms with van der Waals surface area (Å²) in [6.45, 7) is 7.58. The molecule has 0 radical (unpaired) electrons. The van der Waals surface area contributed by atoms with Gasteiger partial charge in [-0.05, 0) is 74.3 Å². The van der Waals surface area contributed by atoms with Crippen LogP contribution < -0.4 is 5.32 Å². The van der Waals surface area contributed by atoms with Crippen LogP contribution in [-0.4, -0.2) is 24.7 Å². The van der Waals surface area contributed by atoms with Gasteiger partial charge in [-0.3, -0.25) is 4.79 Å². The van der Waals surface area contributed by atoms with Crippen molar-refractivity contribution in [2.75, 3.05) is 6.54 Å². The molecule has 0 unspecified atom stereocenters. The van der Waals surface area contributed by atoms with Gasteiger partial charge >= 0.3 is 5.97 Å². The van der Waals surface area contributed by atoms with Crippen molar-refractivity contribution in [3.05, 3.63) is 36.3 Å². The van der Waals surface area contributed by atoms with Gasteiger partial charge in [0.1, 0.15) is 11.9 Å². The quantitative estimate of drug-likeness (QED) is 0.529. The van der Waals surface area contributed by atoms with Crippen LogP contribution in [0.1, 0.15) is 70.5 Å². The predicted molar refractivity (Wildman–Crippen MR) is 117 cm³/mol. The molecule has 4 heteroatoms. The molecule has 4 fully saturated rings. The van der Waals surface area contributed by atoms with Crippen molar-refractivity contribution in [1.82, 2.24) is 5.32 Å². The number of furan rings is 1. The molecule has 1 N–H and O–H groups in total. The second kappa shape index (κ2) is 8.18. The number of hydrogen-bond donors (Lipinski definition) is 1. The molecular weight excluding hydrogens is 374 g/mol. The fourth-order valence-corrected chi connectivity index (χ4v) is 7.18. The van der Waals surface area contributed by atoms with E-state index < -0.39 is 0 Å². The van der Waals surface area contributed by atoms with Crippen LogP contribution in [0, 0.1) is 29.1 Å². The minimum Gasteiger partial charge on any atom is -0.469 e. The summed E-state index contributed by atoms with van der Waals surface area (Å²) in [5, 5.41) is 3.82. The average molecular weight is 412 g/mol.